The Morgan fingerprint density at radius 2 is 2.44 bits per heavy atom. The molecule has 16 heavy (non-hydrogen) atoms. The Hall–Kier alpha value is -1.12. The summed E-state index contributed by atoms with van der Waals surface area (Å²) in [7, 11) is 1.56. The van der Waals surface area contributed by atoms with Crippen LogP contribution < -0.4 is 11.3 Å². The topological polar surface area (TPSA) is 71.2 Å². The summed E-state index contributed by atoms with van der Waals surface area (Å²) in [4.78, 5) is 16.5. The third-order valence-electron chi connectivity index (χ3n) is 1.76. The van der Waals surface area contributed by atoms with Crippen molar-refractivity contribution in [2.24, 2.45) is 5.84 Å². The lowest BCUT2D eigenvalue weighted by Gasteiger charge is -2.13. The Kier molecular flexibility index (Phi) is 4.71. The number of alkyl halides is 2. The fourth-order valence-electron chi connectivity index (χ4n) is 1.12. The van der Waals surface area contributed by atoms with Crippen LogP contribution in [0, 0.1) is 0 Å². The summed E-state index contributed by atoms with van der Waals surface area (Å²) >= 11 is 1.13. The number of rotatable bonds is 5. The molecule has 1 rings (SSSR count). The van der Waals surface area contributed by atoms with Crippen molar-refractivity contribution in [3.63, 3.8) is 0 Å². The predicted octanol–water partition coefficient (Wildman–Crippen LogP) is 0.444. The van der Waals surface area contributed by atoms with E-state index in [0.29, 0.717) is 5.69 Å². The first kappa shape index (κ1) is 12.9. The maximum Gasteiger partial charge on any atom is 0.294 e. The van der Waals surface area contributed by atoms with Gasteiger partial charge in [-0.3, -0.25) is 15.1 Å². The number of hydrazine groups is 1. The summed E-state index contributed by atoms with van der Waals surface area (Å²) in [5.41, 5.74) is 2.53. The number of carbonyl (C=O) groups excluding carboxylic acids is 1. The zero-order valence-corrected chi connectivity index (χ0v) is 9.43. The zero-order valence-electron chi connectivity index (χ0n) is 8.61. The van der Waals surface area contributed by atoms with Crippen molar-refractivity contribution < 1.29 is 13.6 Å². The fourth-order valence-corrected chi connectivity index (χ4v) is 1.83. The molecule has 0 aliphatic carbocycles. The van der Waals surface area contributed by atoms with Crippen molar-refractivity contribution in [2.45, 2.75) is 13.0 Å². The Morgan fingerprint density at radius 1 is 1.75 bits per heavy atom. The van der Waals surface area contributed by atoms with Gasteiger partial charge in [-0.2, -0.15) is 0 Å². The number of nitrogens with two attached hydrogens (primary N) is 1. The molecule has 1 aromatic rings. The SMILES string of the molecule is CN(Cc1csc(C(=O)NN)n1)CC(F)F. The maximum absolute atomic E-state index is 12.0. The molecule has 0 aliphatic heterocycles. The second-order valence-electron chi connectivity index (χ2n) is 3.21. The molecule has 0 bridgehead atoms. The van der Waals surface area contributed by atoms with Gasteiger partial charge in [-0.1, -0.05) is 0 Å². The van der Waals surface area contributed by atoms with Crippen LogP contribution in [-0.2, 0) is 6.54 Å². The molecule has 1 heterocycles. The van der Waals surface area contributed by atoms with Gasteiger partial charge in [0.1, 0.15) is 0 Å². The van der Waals surface area contributed by atoms with E-state index in [1.165, 1.54) is 4.90 Å². The van der Waals surface area contributed by atoms with Crippen molar-refractivity contribution in [2.75, 3.05) is 13.6 Å². The minimum Gasteiger partial charge on any atom is -0.295 e. The number of hydrogen-bond donors (Lipinski definition) is 2. The van der Waals surface area contributed by atoms with Crippen LogP contribution in [0.4, 0.5) is 8.78 Å². The molecule has 5 nitrogen and oxygen atoms in total. The molecule has 90 valence electrons. The first-order chi connectivity index (χ1) is 7.52. The van der Waals surface area contributed by atoms with Crippen LogP contribution in [0.1, 0.15) is 15.5 Å². The number of halogens is 2. The van der Waals surface area contributed by atoms with Crippen LogP contribution >= 0.6 is 11.3 Å². The largest absolute Gasteiger partial charge is 0.295 e. The highest BCUT2D eigenvalue weighted by atomic mass is 32.1. The van der Waals surface area contributed by atoms with Gasteiger partial charge in [0.05, 0.1) is 12.2 Å². The summed E-state index contributed by atoms with van der Waals surface area (Å²) in [5, 5.41) is 1.87. The number of nitrogens with zero attached hydrogens (tertiary/aromatic N) is 2. The number of hydrogen-bond acceptors (Lipinski definition) is 5. The molecule has 0 aliphatic rings. The average Bonchev–Trinajstić information content (AvgIpc) is 2.63. The first-order valence-corrected chi connectivity index (χ1v) is 5.33. The van der Waals surface area contributed by atoms with E-state index in [1.54, 1.807) is 12.4 Å². The molecule has 0 spiro atoms. The van der Waals surface area contributed by atoms with Crippen molar-refractivity contribution >= 4 is 17.2 Å². The third kappa shape index (κ3) is 3.80. The van der Waals surface area contributed by atoms with E-state index < -0.39 is 12.3 Å². The van der Waals surface area contributed by atoms with Crippen LogP contribution in [0.25, 0.3) is 0 Å². The van der Waals surface area contributed by atoms with Crippen LogP contribution in [-0.4, -0.2) is 35.8 Å². The summed E-state index contributed by atoms with van der Waals surface area (Å²) < 4.78 is 24.1. The summed E-state index contributed by atoms with van der Waals surface area (Å²) in [6, 6.07) is 0. The lowest BCUT2D eigenvalue weighted by molar-refractivity contribution is 0.0943. The fraction of sp³-hybridized carbons (Fsp3) is 0.500. The van der Waals surface area contributed by atoms with Crippen LogP contribution in [0.2, 0.25) is 0 Å². The molecule has 0 aromatic carbocycles. The highest BCUT2D eigenvalue weighted by Crippen LogP contribution is 2.11. The standard InChI is InChI=1S/C8H12F2N4OS/c1-14(3-6(9)10)2-5-4-16-8(12-5)7(15)13-11/h4,6H,2-3,11H2,1H3,(H,13,15). The normalized spacial score (nSPS) is 11.1. The zero-order chi connectivity index (χ0) is 12.1. The number of thiazole rings is 1. The van der Waals surface area contributed by atoms with Gasteiger partial charge < -0.3 is 0 Å². The van der Waals surface area contributed by atoms with E-state index in [0.717, 1.165) is 11.3 Å². The Labute approximate surface area is 95.2 Å². The van der Waals surface area contributed by atoms with E-state index in [-0.39, 0.29) is 18.1 Å². The van der Waals surface area contributed by atoms with Crippen molar-refractivity contribution in [3.05, 3.63) is 16.1 Å². The van der Waals surface area contributed by atoms with E-state index in [1.807, 2.05) is 5.43 Å². The van der Waals surface area contributed by atoms with Crippen LogP contribution in [0.3, 0.4) is 0 Å². The van der Waals surface area contributed by atoms with Gasteiger partial charge in [-0.25, -0.2) is 19.6 Å². The minimum absolute atomic E-state index is 0.225. The second-order valence-corrected chi connectivity index (χ2v) is 4.06. The minimum atomic E-state index is -2.38. The highest BCUT2D eigenvalue weighted by Gasteiger charge is 2.12. The van der Waals surface area contributed by atoms with Gasteiger partial charge >= 0.3 is 0 Å². The quantitative estimate of drug-likeness (QED) is 0.452. The second kappa shape index (κ2) is 5.83. The smallest absolute Gasteiger partial charge is 0.294 e. The number of aromatic nitrogens is 1. The Balaban J connectivity index is 2.55. The number of nitrogens with one attached hydrogen (secondary N) is 1. The van der Waals surface area contributed by atoms with Gasteiger partial charge in [0.2, 0.25) is 0 Å². The molecular weight excluding hydrogens is 238 g/mol. The summed E-state index contributed by atoms with van der Waals surface area (Å²) in [5.74, 6) is 4.46. The molecular formula is C8H12F2N4OS. The molecule has 1 aromatic heterocycles. The monoisotopic (exact) mass is 250 g/mol. The number of amides is 1. The first-order valence-electron chi connectivity index (χ1n) is 4.45. The van der Waals surface area contributed by atoms with Gasteiger partial charge in [-0.15, -0.1) is 11.3 Å². The van der Waals surface area contributed by atoms with Gasteiger partial charge in [0.25, 0.3) is 12.3 Å². The number of carbonyl (C=O) groups is 1. The van der Waals surface area contributed by atoms with E-state index in [2.05, 4.69) is 4.98 Å². The maximum atomic E-state index is 12.0. The van der Waals surface area contributed by atoms with E-state index in [9.17, 15) is 13.6 Å². The van der Waals surface area contributed by atoms with Crippen LogP contribution in [0.15, 0.2) is 5.38 Å². The van der Waals surface area contributed by atoms with Crippen molar-refractivity contribution in [1.29, 1.82) is 0 Å². The molecule has 0 saturated carbocycles. The van der Waals surface area contributed by atoms with Gasteiger partial charge in [0.15, 0.2) is 5.01 Å². The van der Waals surface area contributed by atoms with Crippen molar-refractivity contribution in [1.82, 2.24) is 15.3 Å². The van der Waals surface area contributed by atoms with E-state index >= 15 is 0 Å². The molecule has 0 radical (unpaired) electrons. The molecule has 1 amide bonds. The number of nitrogen functional groups attached to an aromatic ring is 1. The molecule has 0 fully saturated rings. The molecule has 0 saturated heterocycles. The van der Waals surface area contributed by atoms with Crippen molar-refractivity contribution in [3.8, 4) is 0 Å². The molecule has 0 unspecified atom stereocenters. The average molecular weight is 250 g/mol. The molecule has 3 N–H and O–H groups in total. The summed E-state index contributed by atoms with van der Waals surface area (Å²) in [6.07, 6.45) is -2.38. The third-order valence-corrected chi connectivity index (χ3v) is 2.65. The lowest BCUT2D eigenvalue weighted by Crippen LogP contribution is -2.30. The Morgan fingerprint density at radius 3 is 3.00 bits per heavy atom. The van der Waals surface area contributed by atoms with Crippen LogP contribution in [0.5, 0.6) is 0 Å². The van der Waals surface area contributed by atoms with E-state index in [4.69, 9.17) is 5.84 Å². The predicted molar refractivity (Wildman–Crippen MR) is 56.1 cm³/mol. The summed E-state index contributed by atoms with van der Waals surface area (Å²) in [6.45, 7) is -0.0470. The highest BCUT2D eigenvalue weighted by molar-refractivity contribution is 7.11. The van der Waals surface area contributed by atoms with Gasteiger partial charge in [0, 0.05) is 11.9 Å². The lowest BCUT2D eigenvalue weighted by atomic mass is 10.4. The Bertz CT molecular complexity index is 358. The molecule has 8 heteroatoms. The van der Waals surface area contributed by atoms with Gasteiger partial charge in [-0.05, 0) is 7.05 Å². The molecule has 0 atom stereocenters.